The molecule has 0 spiro atoms. The zero-order valence-corrected chi connectivity index (χ0v) is 27.7. The average Bonchev–Trinajstić information content (AvgIpc) is 3.08. The van der Waals surface area contributed by atoms with Crippen LogP contribution in [0.15, 0.2) is 107 Å². The summed E-state index contributed by atoms with van der Waals surface area (Å²) in [6.07, 6.45) is 0. The summed E-state index contributed by atoms with van der Waals surface area (Å²) in [7, 11) is -8.20. The fraction of sp³-hybridized carbons (Fsp3) is 0.182. The molecule has 13 nitrogen and oxygen atoms in total. The van der Waals surface area contributed by atoms with Crippen molar-refractivity contribution in [3.63, 3.8) is 0 Å². The third-order valence-corrected chi connectivity index (χ3v) is 11.6. The molecule has 2 N–H and O–H groups in total. The van der Waals surface area contributed by atoms with Crippen molar-refractivity contribution in [2.45, 2.75) is 23.6 Å². The number of sulfonamides is 2. The van der Waals surface area contributed by atoms with Crippen LogP contribution in [0.1, 0.15) is 13.8 Å². The fourth-order valence-corrected chi connectivity index (χ4v) is 8.57. The first-order valence-corrected chi connectivity index (χ1v) is 18.0. The van der Waals surface area contributed by atoms with Crippen LogP contribution in [0.5, 0.6) is 0 Å². The van der Waals surface area contributed by atoms with Gasteiger partial charge in [0.15, 0.2) is 0 Å². The van der Waals surface area contributed by atoms with Crippen molar-refractivity contribution in [1.82, 2.24) is 0 Å². The van der Waals surface area contributed by atoms with Crippen molar-refractivity contribution in [3.05, 3.63) is 97.1 Å². The highest BCUT2D eigenvalue weighted by molar-refractivity contribution is 7.93. The van der Waals surface area contributed by atoms with Gasteiger partial charge in [0.05, 0.1) is 32.5 Å². The zero-order valence-electron chi connectivity index (χ0n) is 26.0. The van der Waals surface area contributed by atoms with Crippen LogP contribution in [-0.4, -0.2) is 60.9 Å². The highest BCUT2D eigenvalue weighted by Gasteiger charge is 2.34. The number of nitrogens with zero attached hydrogens (tertiary/aromatic N) is 4. The average molecular weight is 689 g/mol. The van der Waals surface area contributed by atoms with E-state index in [9.17, 15) is 31.2 Å². The number of benzene rings is 4. The number of hydrogen-bond donors (Lipinski definition) is 2. The van der Waals surface area contributed by atoms with E-state index in [1.165, 1.54) is 58.3 Å². The highest BCUT2D eigenvalue weighted by atomic mass is 32.2. The summed E-state index contributed by atoms with van der Waals surface area (Å²) in [5, 5.41) is 5.35. The molecule has 4 aromatic carbocycles. The third kappa shape index (κ3) is 5.82. The van der Waals surface area contributed by atoms with Crippen LogP contribution < -0.4 is 29.0 Å². The zero-order chi connectivity index (χ0) is 34.2. The predicted molar refractivity (Wildman–Crippen MR) is 184 cm³/mol. The SMILES string of the molecule is CCN(C(=O)N(CC)c1ccc(S(=O)(=O)N2CC(=O)Nc3ccccc32)cc1)c1ccc(S(=O)(=O)N2CC(=O)Nc3ccccc32)cc1. The maximum Gasteiger partial charge on any atom is 0.328 e. The number of para-hydroxylation sites is 4. The summed E-state index contributed by atoms with van der Waals surface area (Å²) in [5.74, 6) is -0.905. The summed E-state index contributed by atoms with van der Waals surface area (Å²) in [4.78, 5) is 41.2. The van der Waals surface area contributed by atoms with E-state index in [0.717, 1.165) is 8.61 Å². The largest absolute Gasteiger partial charge is 0.328 e. The molecule has 2 aliphatic rings. The minimum absolute atomic E-state index is 0.0442. The molecule has 0 unspecified atom stereocenters. The van der Waals surface area contributed by atoms with Crippen LogP contribution >= 0.6 is 0 Å². The lowest BCUT2D eigenvalue weighted by Crippen LogP contribution is -2.44. The summed E-state index contributed by atoms with van der Waals surface area (Å²) < 4.78 is 56.5. The van der Waals surface area contributed by atoms with Gasteiger partial charge in [0.2, 0.25) is 11.8 Å². The highest BCUT2D eigenvalue weighted by Crippen LogP contribution is 2.35. The fourth-order valence-electron chi connectivity index (χ4n) is 5.69. The predicted octanol–water partition coefficient (Wildman–Crippen LogP) is 4.45. The first-order chi connectivity index (χ1) is 22.9. The number of amides is 4. The van der Waals surface area contributed by atoms with Gasteiger partial charge in [-0.05, 0) is 86.6 Å². The molecule has 0 atom stereocenters. The molecule has 6 rings (SSSR count). The Morgan fingerprint density at radius 2 is 0.958 bits per heavy atom. The number of urea groups is 1. The molecule has 2 aliphatic heterocycles. The standard InChI is InChI=1S/C33H32N6O7S2/c1-3-36(23-13-17-25(18-14-23)47(43,44)38-21-31(40)34-27-9-5-7-11-29(27)38)33(42)37(4-2)24-15-19-26(20-16-24)48(45,46)39-22-32(41)35-28-10-6-8-12-30(28)39/h5-20H,3-4,21-22H2,1-2H3,(H,34,40)(H,35,41). The summed E-state index contributed by atoms with van der Waals surface area (Å²) in [6, 6.07) is 24.5. The van der Waals surface area contributed by atoms with Gasteiger partial charge in [-0.1, -0.05) is 24.3 Å². The normalized spacial score (nSPS) is 14.4. The van der Waals surface area contributed by atoms with Gasteiger partial charge in [0, 0.05) is 24.5 Å². The first-order valence-electron chi connectivity index (χ1n) is 15.1. The summed E-state index contributed by atoms with van der Waals surface area (Å²) >= 11 is 0. The molecule has 0 saturated carbocycles. The third-order valence-electron chi connectivity index (χ3n) is 8.04. The molecule has 0 bridgehead atoms. The van der Waals surface area contributed by atoms with Gasteiger partial charge in [-0.15, -0.1) is 0 Å². The minimum Gasteiger partial charge on any atom is -0.323 e. The molecule has 0 radical (unpaired) electrons. The molecule has 0 saturated heterocycles. The number of anilines is 6. The summed E-state index contributed by atoms with van der Waals surface area (Å²) in [6.45, 7) is 3.33. The lowest BCUT2D eigenvalue weighted by atomic mass is 10.2. The van der Waals surface area contributed by atoms with Gasteiger partial charge in [-0.25, -0.2) is 21.6 Å². The van der Waals surface area contributed by atoms with Gasteiger partial charge in [0.1, 0.15) is 13.1 Å². The Morgan fingerprint density at radius 3 is 1.31 bits per heavy atom. The van der Waals surface area contributed by atoms with Crippen LogP contribution in [0.2, 0.25) is 0 Å². The lowest BCUT2D eigenvalue weighted by Gasteiger charge is -2.31. The Labute approximate surface area is 278 Å². The molecule has 48 heavy (non-hydrogen) atoms. The van der Waals surface area contributed by atoms with Gasteiger partial charge >= 0.3 is 6.03 Å². The molecule has 4 aromatic rings. The van der Waals surface area contributed by atoms with E-state index in [2.05, 4.69) is 10.6 Å². The van der Waals surface area contributed by atoms with E-state index in [-0.39, 0.29) is 36.0 Å². The molecule has 2 heterocycles. The number of hydrogen-bond acceptors (Lipinski definition) is 7. The Kier molecular flexibility index (Phi) is 8.57. The maximum atomic E-state index is 13.8. The molecule has 0 aliphatic carbocycles. The second-order valence-electron chi connectivity index (χ2n) is 10.9. The lowest BCUT2D eigenvalue weighted by molar-refractivity contribution is -0.115. The van der Waals surface area contributed by atoms with E-state index in [1.807, 2.05) is 0 Å². The molecule has 4 amide bonds. The Bertz CT molecular complexity index is 1970. The first kappa shape index (κ1) is 32.5. The molecule has 248 valence electrons. The number of fused-ring (bicyclic) bond motifs is 2. The Morgan fingerprint density at radius 1 is 0.604 bits per heavy atom. The van der Waals surface area contributed by atoms with E-state index in [4.69, 9.17) is 0 Å². The van der Waals surface area contributed by atoms with E-state index in [0.29, 0.717) is 34.1 Å². The van der Waals surface area contributed by atoms with E-state index in [1.54, 1.807) is 62.4 Å². The van der Waals surface area contributed by atoms with Crippen molar-refractivity contribution in [2.24, 2.45) is 0 Å². The van der Waals surface area contributed by atoms with Crippen LogP contribution in [0.4, 0.5) is 38.9 Å². The van der Waals surface area contributed by atoms with Crippen LogP contribution in [0.25, 0.3) is 0 Å². The second kappa shape index (κ2) is 12.7. The van der Waals surface area contributed by atoms with Crippen molar-refractivity contribution < 1.29 is 31.2 Å². The van der Waals surface area contributed by atoms with Crippen LogP contribution in [0.3, 0.4) is 0 Å². The van der Waals surface area contributed by atoms with Crippen LogP contribution in [0, 0.1) is 0 Å². The molecule has 0 fully saturated rings. The number of carbonyl (C=O) groups is 3. The Hall–Kier alpha value is -5.41. The number of nitrogens with one attached hydrogen (secondary N) is 2. The maximum absolute atomic E-state index is 13.8. The number of rotatable bonds is 8. The van der Waals surface area contributed by atoms with Crippen molar-refractivity contribution in [1.29, 1.82) is 0 Å². The van der Waals surface area contributed by atoms with Crippen LogP contribution in [-0.2, 0) is 29.6 Å². The van der Waals surface area contributed by atoms with Crippen molar-refractivity contribution in [2.75, 3.05) is 55.2 Å². The second-order valence-corrected chi connectivity index (χ2v) is 14.6. The van der Waals surface area contributed by atoms with Gasteiger partial charge < -0.3 is 10.6 Å². The smallest absolute Gasteiger partial charge is 0.323 e. The topological polar surface area (TPSA) is 157 Å². The summed E-state index contributed by atoms with van der Waals surface area (Å²) in [5.41, 5.74) is 2.39. The van der Waals surface area contributed by atoms with Gasteiger partial charge in [-0.2, -0.15) is 0 Å². The molecule has 0 aromatic heterocycles. The minimum atomic E-state index is -4.10. The van der Waals surface area contributed by atoms with E-state index < -0.39 is 37.9 Å². The quantitative estimate of drug-likeness (QED) is 0.277. The molecule has 15 heteroatoms. The molecular weight excluding hydrogens is 657 g/mol. The number of carbonyl (C=O) groups excluding carboxylic acids is 3. The van der Waals surface area contributed by atoms with Crippen molar-refractivity contribution in [3.8, 4) is 0 Å². The van der Waals surface area contributed by atoms with Gasteiger partial charge in [-0.3, -0.25) is 28.0 Å². The monoisotopic (exact) mass is 688 g/mol. The van der Waals surface area contributed by atoms with Crippen molar-refractivity contribution >= 4 is 72.0 Å². The molecular formula is C33H32N6O7S2. The Balaban J connectivity index is 1.22. The van der Waals surface area contributed by atoms with E-state index >= 15 is 0 Å². The van der Waals surface area contributed by atoms with Gasteiger partial charge in [0.25, 0.3) is 20.0 Å².